The highest BCUT2D eigenvalue weighted by molar-refractivity contribution is 7.98. The maximum Gasteiger partial charge on any atom is 0.223 e. The van der Waals surface area contributed by atoms with Crippen LogP contribution in [0.5, 0.6) is 0 Å². The molecule has 1 aromatic rings. The molecule has 0 aromatic heterocycles. The number of para-hydroxylation sites is 1. The highest BCUT2D eigenvalue weighted by atomic mass is 32.2. The normalized spacial score (nSPS) is 15.8. The summed E-state index contributed by atoms with van der Waals surface area (Å²) in [6, 6.07) is 10.4. The standard InChI is InChI=1S/C14H20N2OS/c1-18-12-7-14(17)16-10-8-15(9-11-16)13-5-3-2-4-6-13/h2-6H,7-12H2,1H3. The van der Waals surface area contributed by atoms with Gasteiger partial charge in [-0.25, -0.2) is 0 Å². The summed E-state index contributed by atoms with van der Waals surface area (Å²) >= 11 is 1.73. The molecule has 1 heterocycles. The van der Waals surface area contributed by atoms with E-state index in [2.05, 4.69) is 29.2 Å². The predicted octanol–water partition coefficient (Wildman–Crippen LogP) is 2.09. The summed E-state index contributed by atoms with van der Waals surface area (Å²) in [4.78, 5) is 16.2. The Morgan fingerprint density at radius 3 is 2.44 bits per heavy atom. The molecule has 1 aromatic carbocycles. The third kappa shape index (κ3) is 3.42. The van der Waals surface area contributed by atoms with Crippen molar-refractivity contribution < 1.29 is 4.79 Å². The molecule has 98 valence electrons. The fourth-order valence-electron chi connectivity index (χ4n) is 2.20. The molecule has 0 unspecified atom stereocenters. The Morgan fingerprint density at radius 1 is 1.17 bits per heavy atom. The van der Waals surface area contributed by atoms with Crippen LogP contribution in [0.1, 0.15) is 6.42 Å². The number of hydrogen-bond donors (Lipinski definition) is 0. The van der Waals surface area contributed by atoms with Gasteiger partial charge in [-0.15, -0.1) is 0 Å². The van der Waals surface area contributed by atoms with Crippen LogP contribution >= 0.6 is 11.8 Å². The zero-order valence-corrected chi connectivity index (χ0v) is 11.7. The van der Waals surface area contributed by atoms with Gasteiger partial charge in [0.25, 0.3) is 0 Å². The van der Waals surface area contributed by atoms with Crippen LogP contribution in [0.3, 0.4) is 0 Å². The van der Waals surface area contributed by atoms with E-state index < -0.39 is 0 Å². The van der Waals surface area contributed by atoms with E-state index in [-0.39, 0.29) is 0 Å². The Balaban J connectivity index is 1.83. The molecule has 18 heavy (non-hydrogen) atoms. The van der Waals surface area contributed by atoms with Crippen LogP contribution in [0.4, 0.5) is 5.69 Å². The van der Waals surface area contributed by atoms with E-state index in [4.69, 9.17) is 0 Å². The van der Waals surface area contributed by atoms with Gasteiger partial charge < -0.3 is 9.80 Å². The molecule has 1 amide bonds. The zero-order valence-electron chi connectivity index (χ0n) is 10.8. The molecule has 1 aliphatic heterocycles. The van der Waals surface area contributed by atoms with Crippen LogP contribution in [0.25, 0.3) is 0 Å². The minimum atomic E-state index is 0.303. The third-order valence-corrected chi connectivity index (χ3v) is 3.89. The van der Waals surface area contributed by atoms with Crippen LogP contribution in [0.2, 0.25) is 0 Å². The van der Waals surface area contributed by atoms with Crippen molar-refractivity contribution in [2.24, 2.45) is 0 Å². The van der Waals surface area contributed by atoms with E-state index in [1.165, 1.54) is 5.69 Å². The Labute approximate surface area is 113 Å². The van der Waals surface area contributed by atoms with Crippen molar-refractivity contribution in [1.82, 2.24) is 4.90 Å². The SMILES string of the molecule is CSCCC(=O)N1CCN(c2ccccc2)CC1. The van der Waals surface area contributed by atoms with Crippen molar-refractivity contribution >= 4 is 23.4 Å². The molecule has 3 nitrogen and oxygen atoms in total. The predicted molar refractivity (Wildman–Crippen MR) is 78.2 cm³/mol. The maximum atomic E-state index is 11.9. The molecule has 0 aliphatic carbocycles. The second-order valence-electron chi connectivity index (χ2n) is 4.45. The van der Waals surface area contributed by atoms with Crippen molar-refractivity contribution in [3.05, 3.63) is 30.3 Å². The molecule has 1 aliphatic rings. The summed E-state index contributed by atoms with van der Waals surface area (Å²) in [7, 11) is 0. The van der Waals surface area contributed by atoms with Crippen LogP contribution in [0.15, 0.2) is 30.3 Å². The van der Waals surface area contributed by atoms with E-state index >= 15 is 0 Å². The first-order valence-corrected chi connectivity index (χ1v) is 7.77. The van der Waals surface area contributed by atoms with Gasteiger partial charge in [0.05, 0.1) is 0 Å². The molecule has 0 radical (unpaired) electrons. The number of anilines is 1. The number of rotatable bonds is 4. The summed E-state index contributed by atoms with van der Waals surface area (Å²) in [6.45, 7) is 3.58. The maximum absolute atomic E-state index is 11.9. The summed E-state index contributed by atoms with van der Waals surface area (Å²) in [5.41, 5.74) is 1.26. The number of carbonyl (C=O) groups is 1. The molecule has 1 fully saturated rings. The quantitative estimate of drug-likeness (QED) is 0.832. The average molecular weight is 264 g/mol. The second kappa shape index (κ2) is 6.69. The molecule has 0 atom stereocenters. The molecular weight excluding hydrogens is 244 g/mol. The zero-order chi connectivity index (χ0) is 12.8. The number of thioether (sulfide) groups is 1. The van der Waals surface area contributed by atoms with E-state index in [0.717, 1.165) is 31.9 Å². The van der Waals surface area contributed by atoms with Gasteiger partial charge in [-0.1, -0.05) is 18.2 Å². The van der Waals surface area contributed by atoms with Gasteiger partial charge in [-0.2, -0.15) is 11.8 Å². The molecule has 4 heteroatoms. The molecule has 1 saturated heterocycles. The minimum absolute atomic E-state index is 0.303. The molecular formula is C14H20N2OS. The van der Waals surface area contributed by atoms with Crippen molar-refractivity contribution in [2.75, 3.05) is 43.1 Å². The van der Waals surface area contributed by atoms with Crippen molar-refractivity contribution in [2.45, 2.75) is 6.42 Å². The monoisotopic (exact) mass is 264 g/mol. The largest absolute Gasteiger partial charge is 0.368 e. The Morgan fingerprint density at radius 2 is 1.83 bits per heavy atom. The number of amides is 1. The summed E-state index contributed by atoms with van der Waals surface area (Å²) in [5, 5.41) is 0. The fourth-order valence-corrected chi connectivity index (χ4v) is 2.58. The highest BCUT2D eigenvalue weighted by Gasteiger charge is 2.20. The lowest BCUT2D eigenvalue weighted by atomic mass is 10.2. The van der Waals surface area contributed by atoms with E-state index in [9.17, 15) is 4.79 Å². The van der Waals surface area contributed by atoms with Crippen LogP contribution < -0.4 is 4.90 Å². The lowest BCUT2D eigenvalue weighted by molar-refractivity contribution is -0.131. The van der Waals surface area contributed by atoms with Gasteiger partial charge in [-0.3, -0.25) is 4.79 Å². The van der Waals surface area contributed by atoms with Crippen molar-refractivity contribution in [1.29, 1.82) is 0 Å². The minimum Gasteiger partial charge on any atom is -0.368 e. The molecule has 0 spiro atoms. The molecule has 2 rings (SSSR count). The Kier molecular flexibility index (Phi) is 4.93. The highest BCUT2D eigenvalue weighted by Crippen LogP contribution is 2.16. The number of piperazine rings is 1. The molecule has 0 N–H and O–H groups in total. The molecule has 0 bridgehead atoms. The second-order valence-corrected chi connectivity index (χ2v) is 5.43. The lowest BCUT2D eigenvalue weighted by Gasteiger charge is -2.36. The first-order chi connectivity index (χ1) is 8.81. The smallest absolute Gasteiger partial charge is 0.223 e. The van der Waals surface area contributed by atoms with Gasteiger partial charge in [0.2, 0.25) is 5.91 Å². The van der Waals surface area contributed by atoms with E-state index in [1.807, 2.05) is 17.2 Å². The average Bonchev–Trinajstić information content (AvgIpc) is 2.46. The summed E-state index contributed by atoms with van der Waals surface area (Å²) in [6.07, 6.45) is 2.72. The van der Waals surface area contributed by atoms with Crippen LogP contribution in [-0.4, -0.2) is 49.0 Å². The van der Waals surface area contributed by atoms with Crippen LogP contribution in [-0.2, 0) is 4.79 Å². The first-order valence-electron chi connectivity index (χ1n) is 6.38. The van der Waals surface area contributed by atoms with Crippen molar-refractivity contribution in [3.8, 4) is 0 Å². The molecule has 0 saturated carbocycles. The van der Waals surface area contributed by atoms with Gasteiger partial charge in [0, 0.05) is 44.0 Å². The van der Waals surface area contributed by atoms with E-state index in [0.29, 0.717) is 12.3 Å². The fraction of sp³-hybridized carbons (Fsp3) is 0.500. The number of hydrogen-bond acceptors (Lipinski definition) is 3. The number of benzene rings is 1. The Bertz CT molecular complexity index is 375. The summed E-state index contributed by atoms with van der Waals surface area (Å²) in [5.74, 6) is 1.23. The number of carbonyl (C=O) groups excluding carboxylic acids is 1. The third-order valence-electron chi connectivity index (χ3n) is 3.27. The van der Waals surface area contributed by atoms with Gasteiger partial charge >= 0.3 is 0 Å². The summed E-state index contributed by atoms with van der Waals surface area (Å²) < 4.78 is 0. The van der Waals surface area contributed by atoms with Gasteiger partial charge in [0.15, 0.2) is 0 Å². The van der Waals surface area contributed by atoms with E-state index in [1.54, 1.807) is 11.8 Å². The van der Waals surface area contributed by atoms with Crippen molar-refractivity contribution in [3.63, 3.8) is 0 Å². The van der Waals surface area contributed by atoms with Crippen LogP contribution in [0, 0.1) is 0 Å². The number of nitrogens with zero attached hydrogens (tertiary/aromatic N) is 2. The lowest BCUT2D eigenvalue weighted by Crippen LogP contribution is -2.48. The Hall–Kier alpha value is -1.16. The topological polar surface area (TPSA) is 23.6 Å². The van der Waals surface area contributed by atoms with Gasteiger partial charge in [0.1, 0.15) is 0 Å². The van der Waals surface area contributed by atoms with Gasteiger partial charge in [-0.05, 0) is 18.4 Å². The first kappa shape index (κ1) is 13.3.